The number of aliphatic imine (C=N–C) groups is 1. The van der Waals surface area contributed by atoms with Crippen LogP contribution in [0, 0.1) is 35.2 Å². The van der Waals surface area contributed by atoms with Crippen molar-refractivity contribution in [1.82, 2.24) is 0 Å². The van der Waals surface area contributed by atoms with Crippen LogP contribution in [0.1, 0.15) is 91.5 Å². The third kappa shape index (κ3) is 8.45. The highest BCUT2D eigenvalue weighted by Gasteiger charge is 2.63. The van der Waals surface area contributed by atoms with Crippen molar-refractivity contribution in [3.05, 3.63) is 29.1 Å². The fourth-order valence-electron chi connectivity index (χ4n) is 3.17. The Kier molecular flexibility index (Phi) is 10.2. The first kappa shape index (κ1) is 29.2. The van der Waals surface area contributed by atoms with Gasteiger partial charge in [0, 0.05) is 30.2 Å². The van der Waals surface area contributed by atoms with E-state index in [9.17, 15) is 31.1 Å². The van der Waals surface area contributed by atoms with E-state index in [-0.39, 0.29) is 42.7 Å². The molecule has 0 aliphatic heterocycles. The van der Waals surface area contributed by atoms with Crippen molar-refractivity contribution in [2.45, 2.75) is 99.1 Å². The van der Waals surface area contributed by atoms with E-state index in [0.717, 1.165) is 17.2 Å². The minimum absolute atomic E-state index is 0.0294. The minimum Gasteiger partial charge on any atom is -0.300 e. The Balaban J connectivity index is 0.000000268. The lowest BCUT2D eigenvalue weighted by atomic mass is 9.72. The zero-order valence-electron chi connectivity index (χ0n) is 20.4. The first-order chi connectivity index (χ1) is 15.1. The van der Waals surface area contributed by atoms with Gasteiger partial charge >= 0.3 is 6.18 Å². The molecule has 3 rings (SSSR count). The number of ketones is 1. The molecule has 0 amide bonds. The summed E-state index contributed by atoms with van der Waals surface area (Å²) in [6.45, 7) is 11.3. The summed E-state index contributed by atoms with van der Waals surface area (Å²) in [6.07, 6.45) is 1.01. The van der Waals surface area contributed by atoms with E-state index in [4.69, 9.17) is 0 Å². The molecule has 2 nitrogen and oxygen atoms in total. The van der Waals surface area contributed by atoms with Crippen LogP contribution in [0.3, 0.4) is 0 Å². The Bertz CT molecular complexity index is 847. The molecule has 2 saturated carbocycles. The number of carbonyl (C=O) groups is 1. The van der Waals surface area contributed by atoms with Crippen LogP contribution in [-0.4, -0.2) is 17.7 Å². The molecule has 0 spiro atoms. The van der Waals surface area contributed by atoms with Crippen molar-refractivity contribution >= 4 is 17.2 Å². The van der Waals surface area contributed by atoms with Crippen molar-refractivity contribution in [2.75, 3.05) is 0 Å². The minimum atomic E-state index is -4.18. The maximum Gasteiger partial charge on any atom is 0.394 e. The molecule has 2 fully saturated rings. The van der Waals surface area contributed by atoms with Crippen LogP contribution in [0.15, 0.2) is 11.1 Å². The maximum atomic E-state index is 13.1. The van der Waals surface area contributed by atoms with Gasteiger partial charge in [-0.25, -0.2) is 13.2 Å². The molecule has 2 aliphatic rings. The van der Waals surface area contributed by atoms with Gasteiger partial charge in [0.1, 0.15) is 5.78 Å². The standard InChI is InChI=1S/C11H12F3N.C8H11F3O.C6H12/c1-4-6(2)15-9-5-8(12)11(14)10(13)7(9)3;1-2-6(12)5-7(3-4-7)8(9,10)11;1-6(2)4-3-5-6/h5H,4H2,1-3H3;2-5H2,1H3;3-5H2,1-2H3. The van der Waals surface area contributed by atoms with Crippen LogP contribution in [0.2, 0.25) is 0 Å². The van der Waals surface area contributed by atoms with Crippen molar-refractivity contribution in [2.24, 2.45) is 15.8 Å². The quantitative estimate of drug-likeness (QED) is 0.236. The Morgan fingerprint density at radius 2 is 1.52 bits per heavy atom. The second-order valence-electron chi connectivity index (χ2n) is 9.70. The van der Waals surface area contributed by atoms with Crippen molar-refractivity contribution in [1.29, 1.82) is 0 Å². The lowest BCUT2D eigenvalue weighted by molar-refractivity contribution is -0.190. The molecule has 2 aliphatic carbocycles. The van der Waals surface area contributed by atoms with Crippen LogP contribution >= 0.6 is 0 Å². The van der Waals surface area contributed by atoms with Crippen molar-refractivity contribution < 1.29 is 31.1 Å². The topological polar surface area (TPSA) is 29.4 Å². The molecule has 0 radical (unpaired) electrons. The van der Waals surface area contributed by atoms with E-state index in [0.29, 0.717) is 6.42 Å². The summed E-state index contributed by atoms with van der Waals surface area (Å²) in [4.78, 5) is 14.8. The molecule has 0 atom stereocenters. The predicted octanol–water partition coefficient (Wildman–Crippen LogP) is 8.81. The highest BCUT2D eigenvalue weighted by atomic mass is 19.4. The summed E-state index contributed by atoms with van der Waals surface area (Å²) in [5, 5.41) is 0. The summed E-state index contributed by atoms with van der Waals surface area (Å²) >= 11 is 0. The maximum absolute atomic E-state index is 13.1. The van der Waals surface area contributed by atoms with Gasteiger partial charge in [-0.3, -0.25) is 9.79 Å². The Labute approximate surface area is 192 Å². The normalized spacial score (nSPS) is 18.2. The van der Waals surface area contributed by atoms with Crippen LogP contribution in [0.5, 0.6) is 0 Å². The number of benzene rings is 1. The van der Waals surface area contributed by atoms with Gasteiger partial charge < -0.3 is 0 Å². The first-order valence-corrected chi connectivity index (χ1v) is 11.4. The molecule has 0 saturated heterocycles. The van der Waals surface area contributed by atoms with E-state index >= 15 is 0 Å². The van der Waals surface area contributed by atoms with Gasteiger partial charge in [-0.1, -0.05) is 34.1 Å². The molecular formula is C25H35F6NO. The van der Waals surface area contributed by atoms with Gasteiger partial charge in [0.05, 0.1) is 11.1 Å². The molecule has 33 heavy (non-hydrogen) atoms. The third-order valence-electron chi connectivity index (χ3n) is 6.29. The van der Waals surface area contributed by atoms with Gasteiger partial charge in [-0.05, 0) is 51.4 Å². The van der Waals surface area contributed by atoms with E-state index in [1.54, 1.807) is 13.8 Å². The molecule has 0 unspecified atom stereocenters. The van der Waals surface area contributed by atoms with Crippen LogP contribution in [0.4, 0.5) is 32.0 Å². The Morgan fingerprint density at radius 1 is 1.00 bits per heavy atom. The van der Waals surface area contributed by atoms with Gasteiger partial charge in [-0.15, -0.1) is 0 Å². The smallest absolute Gasteiger partial charge is 0.300 e. The largest absolute Gasteiger partial charge is 0.394 e. The molecule has 8 heteroatoms. The fourth-order valence-corrected chi connectivity index (χ4v) is 3.17. The number of halogens is 6. The molecule has 1 aromatic carbocycles. The number of alkyl halides is 3. The SMILES string of the molecule is CC1(C)CCC1.CCC(=O)CC1(C(F)(F)F)CC1.CCC(C)=Nc1cc(F)c(F)c(F)c1C. The van der Waals surface area contributed by atoms with Crippen LogP contribution < -0.4 is 0 Å². The lowest BCUT2D eigenvalue weighted by Gasteiger charge is -2.33. The summed E-state index contributed by atoms with van der Waals surface area (Å²) in [7, 11) is 0. The Morgan fingerprint density at radius 3 is 1.85 bits per heavy atom. The van der Waals surface area contributed by atoms with Gasteiger partial charge in [0.2, 0.25) is 0 Å². The average Bonchev–Trinajstić information content (AvgIpc) is 3.51. The summed E-state index contributed by atoms with van der Waals surface area (Å²) in [5.41, 5.74) is -0.00365. The van der Waals surface area contributed by atoms with E-state index in [1.807, 2.05) is 6.92 Å². The number of Topliss-reactive ketones (excluding diaryl/α,β-unsaturated/α-hetero) is 1. The molecule has 0 heterocycles. The van der Waals surface area contributed by atoms with E-state index in [1.165, 1.54) is 26.2 Å². The first-order valence-electron chi connectivity index (χ1n) is 11.4. The molecule has 1 aromatic rings. The van der Waals surface area contributed by atoms with Crippen LogP contribution in [0.25, 0.3) is 0 Å². The lowest BCUT2D eigenvalue weighted by Crippen LogP contribution is -2.26. The number of hydrogen-bond donors (Lipinski definition) is 0. The highest BCUT2D eigenvalue weighted by Crippen LogP contribution is 2.60. The van der Waals surface area contributed by atoms with E-state index in [2.05, 4.69) is 18.8 Å². The van der Waals surface area contributed by atoms with Crippen molar-refractivity contribution in [3.63, 3.8) is 0 Å². The predicted molar refractivity (Wildman–Crippen MR) is 119 cm³/mol. The third-order valence-corrected chi connectivity index (χ3v) is 6.29. The zero-order valence-corrected chi connectivity index (χ0v) is 20.4. The number of hydrogen-bond acceptors (Lipinski definition) is 2. The molecule has 188 valence electrons. The Hall–Kier alpha value is -1.86. The summed E-state index contributed by atoms with van der Waals surface area (Å²) in [5.74, 6) is -4.11. The monoisotopic (exact) mass is 479 g/mol. The number of rotatable bonds is 5. The van der Waals surface area contributed by atoms with Gasteiger partial charge in [0.15, 0.2) is 17.5 Å². The molecule has 0 bridgehead atoms. The van der Waals surface area contributed by atoms with E-state index < -0.39 is 29.0 Å². The van der Waals surface area contributed by atoms with Crippen molar-refractivity contribution in [3.8, 4) is 0 Å². The van der Waals surface area contributed by atoms with Crippen LogP contribution in [-0.2, 0) is 4.79 Å². The second kappa shape index (κ2) is 11.5. The van der Waals surface area contributed by atoms with Gasteiger partial charge in [0.25, 0.3) is 0 Å². The second-order valence-corrected chi connectivity index (χ2v) is 9.70. The zero-order chi connectivity index (χ0) is 25.6. The highest BCUT2D eigenvalue weighted by molar-refractivity contribution is 5.84. The molecule has 0 aromatic heterocycles. The molecule has 0 N–H and O–H groups in total. The summed E-state index contributed by atoms with van der Waals surface area (Å²) in [6, 6.07) is 0.910. The number of carbonyl (C=O) groups excluding carboxylic acids is 1. The fraction of sp³-hybridized carbons (Fsp3) is 0.680. The van der Waals surface area contributed by atoms with Gasteiger partial charge in [-0.2, -0.15) is 13.2 Å². The molecular weight excluding hydrogens is 444 g/mol. The number of nitrogens with zero attached hydrogens (tertiary/aromatic N) is 1. The average molecular weight is 480 g/mol. The summed E-state index contributed by atoms with van der Waals surface area (Å²) < 4.78 is 75.5.